The smallest absolute Gasteiger partial charge is 0.239 e. The molecule has 3 heterocycles. The summed E-state index contributed by atoms with van der Waals surface area (Å²) in [5.74, 6) is -0.00446. The van der Waals surface area contributed by atoms with Gasteiger partial charge in [-0.05, 0) is 46.1 Å². The number of benzene rings is 1. The van der Waals surface area contributed by atoms with Crippen LogP contribution in [0.25, 0.3) is 11.0 Å². The normalized spacial score (nSPS) is 15.8. The van der Waals surface area contributed by atoms with Gasteiger partial charge in [0.15, 0.2) is 0 Å². The van der Waals surface area contributed by atoms with E-state index in [1.807, 2.05) is 47.6 Å². The van der Waals surface area contributed by atoms with Crippen LogP contribution >= 0.6 is 27.5 Å². The Morgan fingerprint density at radius 2 is 1.93 bits per heavy atom. The monoisotopic (exact) mass is 461 g/mol. The third-order valence-corrected chi connectivity index (χ3v) is 5.94. The van der Waals surface area contributed by atoms with E-state index in [1.165, 1.54) is 0 Å². The quantitative estimate of drug-likeness (QED) is 0.624. The summed E-state index contributed by atoms with van der Waals surface area (Å²) in [5.41, 5.74) is 9.18. The van der Waals surface area contributed by atoms with Gasteiger partial charge in [-0.2, -0.15) is 0 Å². The van der Waals surface area contributed by atoms with Crippen LogP contribution in [0.3, 0.4) is 0 Å². The zero-order valence-electron chi connectivity index (χ0n) is 15.2. The third kappa shape index (κ3) is 3.87. The molecule has 4 rings (SSSR count). The molecule has 0 aliphatic carbocycles. The average molecular weight is 463 g/mol. The summed E-state index contributed by atoms with van der Waals surface area (Å²) in [6, 6.07) is 8.95. The fraction of sp³-hybridized carbons (Fsp3) is 0.300. The Morgan fingerprint density at radius 1 is 1.21 bits per heavy atom. The summed E-state index contributed by atoms with van der Waals surface area (Å²) in [7, 11) is 0. The number of anilines is 1. The largest absolute Gasteiger partial charge is 0.366 e. The lowest BCUT2D eigenvalue weighted by molar-refractivity contribution is -0.132. The van der Waals surface area contributed by atoms with Crippen LogP contribution in [0, 0.1) is 0 Å². The summed E-state index contributed by atoms with van der Waals surface area (Å²) >= 11 is 9.54. The first-order valence-electron chi connectivity index (χ1n) is 9.18. The molecule has 2 aromatic heterocycles. The number of nitrogens with zero attached hydrogens (tertiary/aromatic N) is 3. The van der Waals surface area contributed by atoms with Crippen molar-refractivity contribution in [2.24, 2.45) is 5.73 Å². The van der Waals surface area contributed by atoms with E-state index in [9.17, 15) is 4.79 Å². The number of aromatic amines is 1. The number of aromatic nitrogens is 2. The maximum Gasteiger partial charge on any atom is 0.239 e. The minimum atomic E-state index is -0.545. The third-order valence-electron chi connectivity index (χ3n) is 5.11. The molecule has 3 N–H and O–H groups in total. The van der Waals surface area contributed by atoms with Gasteiger partial charge in [-0.3, -0.25) is 4.79 Å². The van der Waals surface area contributed by atoms with Gasteiger partial charge in [0.25, 0.3) is 0 Å². The number of nitrogens with one attached hydrogen (secondary N) is 1. The molecule has 0 spiro atoms. The molecule has 8 heteroatoms. The van der Waals surface area contributed by atoms with Crippen LogP contribution in [0.15, 0.2) is 47.2 Å². The highest BCUT2D eigenvalue weighted by Gasteiger charge is 2.27. The lowest BCUT2D eigenvalue weighted by Gasteiger charge is -2.37. The van der Waals surface area contributed by atoms with Gasteiger partial charge in [0.2, 0.25) is 5.91 Å². The van der Waals surface area contributed by atoms with Crippen molar-refractivity contribution >= 4 is 50.2 Å². The summed E-state index contributed by atoms with van der Waals surface area (Å²) in [4.78, 5) is 24.5. The summed E-state index contributed by atoms with van der Waals surface area (Å²) in [6.45, 7) is 2.80. The van der Waals surface area contributed by atoms with Gasteiger partial charge in [0.1, 0.15) is 5.65 Å². The first-order valence-corrected chi connectivity index (χ1v) is 10.4. The number of carbonyl (C=O) groups excluding carboxylic acids is 1. The topological polar surface area (TPSA) is 78.2 Å². The van der Waals surface area contributed by atoms with Crippen LogP contribution in [0.5, 0.6) is 0 Å². The highest BCUT2D eigenvalue weighted by molar-refractivity contribution is 9.10. The van der Waals surface area contributed by atoms with Crippen molar-refractivity contribution < 1.29 is 4.79 Å². The second-order valence-electron chi connectivity index (χ2n) is 6.94. The molecule has 0 radical (unpaired) electrons. The Kier molecular flexibility index (Phi) is 5.57. The second-order valence-corrected chi connectivity index (χ2v) is 8.23. The van der Waals surface area contributed by atoms with E-state index < -0.39 is 6.04 Å². The number of rotatable bonds is 4. The Morgan fingerprint density at radius 3 is 2.64 bits per heavy atom. The number of hydrogen-bond acceptors (Lipinski definition) is 4. The number of fused-ring (bicyclic) bond motifs is 1. The number of piperazine rings is 1. The predicted molar refractivity (Wildman–Crippen MR) is 116 cm³/mol. The molecule has 1 amide bonds. The van der Waals surface area contributed by atoms with Crippen molar-refractivity contribution in [1.29, 1.82) is 0 Å². The van der Waals surface area contributed by atoms with Gasteiger partial charge in [0, 0.05) is 49.0 Å². The van der Waals surface area contributed by atoms with E-state index >= 15 is 0 Å². The lowest BCUT2D eigenvalue weighted by atomic mass is 10.1. The Labute approximate surface area is 176 Å². The fourth-order valence-corrected chi connectivity index (χ4v) is 4.33. The van der Waals surface area contributed by atoms with Gasteiger partial charge >= 0.3 is 0 Å². The fourth-order valence-electron chi connectivity index (χ4n) is 3.64. The molecular weight excluding hydrogens is 442 g/mol. The molecule has 146 valence electrons. The number of H-pyrrole nitrogens is 1. The Balaban J connectivity index is 1.40. The van der Waals surface area contributed by atoms with Crippen LogP contribution in [-0.4, -0.2) is 53.0 Å². The molecule has 1 aromatic carbocycles. The van der Waals surface area contributed by atoms with E-state index in [0.717, 1.165) is 39.8 Å². The molecule has 1 atom stereocenters. The Bertz CT molecular complexity index is 982. The number of hydrogen-bond donors (Lipinski definition) is 2. The maximum absolute atomic E-state index is 12.8. The predicted octanol–water partition coefficient (Wildman–Crippen LogP) is 3.20. The second kappa shape index (κ2) is 8.11. The zero-order valence-corrected chi connectivity index (χ0v) is 17.6. The van der Waals surface area contributed by atoms with E-state index in [-0.39, 0.29) is 5.91 Å². The highest BCUT2D eigenvalue weighted by atomic mass is 79.9. The van der Waals surface area contributed by atoms with Crippen molar-refractivity contribution in [1.82, 2.24) is 14.9 Å². The minimum Gasteiger partial charge on any atom is -0.366 e. The van der Waals surface area contributed by atoms with Crippen LogP contribution in [0.1, 0.15) is 5.56 Å². The van der Waals surface area contributed by atoms with E-state index in [0.29, 0.717) is 24.5 Å². The van der Waals surface area contributed by atoms with Crippen molar-refractivity contribution in [2.45, 2.75) is 12.5 Å². The summed E-state index contributed by atoms with van der Waals surface area (Å²) < 4.78 is 0.957. The minimum absolute atomic E-state index is 0.00446. The number of nitrogens with two attached hydrogens (primary N) is 1. The molecule has 28 heavy (non-hydrogen) atoms. The maximum atomic E-state index is 12.8. The van der Waals surface area contributed by atoms with E-state index in [2.05, 4.69) is 30.8 Å². The van der Waals surface area contributed by atoms with Crippen molar-refractivity contribution in [3.05, 3.63) is 57.8 Å². The molecule has 3 aromatic rings. The molecule has 1 aliphatic rings. The van der Waals surface area contributed by atoms with Crippen molar-refractivity contribution in [2.75, 3.05) is 31.1 Å². The van der Waals surface area contributed by atoms with E-state index in [4.69, 9.17) is 17.3 Å². The summed E-state index contributed by atoms with van der Waals surface area (Å²) in [5, 5.41) is 1.76. The molecule has 1 aliphatic heterocycles. The molecule has 0 bridgehead atoms. The standard InChI is InChI=1S/C20H21BrClN5O/c21-16-12-25-19-15(5-6-24-19)18(16)26-7-9-27(10-8-26)20(28)17(23)11-13-1-3-14(22)4-2-13/h1-6,12,17H,7-11,23H2,(H,24,25)/t17-/m1/s1. The molecular formula is C20H21BrClN5O. The van der Waals surface area contributed by atoms with Gasteiger partial charge in [0.05, 0.1) is 16.2 Å². The number of amides is 1. The average Bonchev–Trinajstić information content (AvgIpc) is 3.18. The first kappa shape index (κ1) is 19.2. The van der Waals surface area contributed by atoms with Crippen LogP contribution in [-0.2, 0) is 11.2 Å². The van der Waals surface area contributed by atoms with Gasteiger partial charge in [-0.1, -0.05) is 23.7 Å². The molecule has 0 saturated carbocycles. The SMILES string of the molecule is N[C@H](Cc1ccc(Cl)cc1)C(=O)N1CCN(c2c(Br)cnc3[nH]ccc23)CC1. The molecule has 1 saturated heterocycles. The van der Waals surface area contributed by atoms with Crippen molar-refractivity contribution in [3.63, 3.8) is 0 Å². The number of carbonyl (C=O) groups is 1. The van der Waals surface area contributed by atoms with Crippen molar-refractivity contribution in [3.8, 4) is 0 Å². The molecule has 1 fully saturated rings. The number of halogens is 2. The summed E-state index contributed by atoms with van der Waals surface area (Å²) in [6.07, 6.45) is 4.22. The van der Waals surface area contributed by atoms with Gasteiger partial charge in [-0.15, -0.1) is 0 Å². The number of pyridine rings is 1. The lowest BCUT2D eigenvalue weighted by Crippen LogP contribution is -2.53. The molecule has 6 nitrogen and oxygen atoms in total. The zero-order chi connectivity index (χ0) is 19.7. The van der Waals surface area contributed by atoms with Crippen LogP contribution in [0.4, 0.5) is 5.69 Å². The van der Waals surface area contributed by atoms with Gasteiger partial charge < -0.3 is 20.5 Å². The van der Waals surface area contributed by atoms with Gasteiger partial charge in [-0.25, -0.2) is 4.98 Å². The highest BCUT2D eigenvalue weighted by Crippen LogP contribution is 2.33. The van der Waals surface area contributed by atoms with E-state index in [1.54, 1.807) is 0 Å². The first-order chi connectivity index (χ1) is 13.5. The van der Waals surface area contributed by atoms with Crippen LogP contribution in [0.2, 0.25) is 5.02 Å². The Hall–Kier alpha value is -2.09. The molecule has 0 unspecified atom stereocenters. The van der Waals surface area contributed by atoms with Crippen LogP contribution < -0.4 is 10.6 Å².